The Hall–Kier alpha value is -1.35. The summed E-state index contributed by atoms with van der Waals surface area (Å²) < 4.78 is 11.0. The van der Waals surface area contributed by atoms with E-state index in [-0.39, 0.29) is 5.78 Å². The Balaban J connectivity index is 2.29. The van der Waals surface area contributed by atoms with Crippen LogP contribution in [0.3, 0.4) is 0 Å². The molecule has 0 aromatic heterocycles. The summed E-state index contributed by atoms with van der Waals surface area (Å²) in [6, 6.07) is 7.28. The lowest BCUT2D eigenvalue weighted by atomic mass is 10.1. The highest BCUT2D eigenvalue weighted by Crippen LogP contribution is 2.18. The number of carbonyl (C=O) groups excluding carboxylic acids is 1. The molecule has 0 spiro atoms. The fraction of sp³-hybridized carbons (Fsp3) is 0.533. The van der Waals surface area contributed by atoms with E-state index < -0.39 is 0 Å². The molecule has 1 rings (SSSR count). The summed E-state index contributed by atoms with van der Waals surface area (Å²) in [6.07, 6.45) is 1.06. The molecule has 18 heavy (non-hydrogen) atoms. The molecule has 3 heteroatoms. The molecule has 0 amide bonds. The van der Waals surface area contributed by atoms with Gasteiger partial charge in [0.15, 0.2) is 5.78 Å². The molecule has 0 aliphatic rings. The average Bonchev–Trinajstić information content (AvgIpc) is 2.33. The molecule has 0 bridgehead atoms. The summed E-state index contributed by atoms with van der Waals surface area (Å²) in [7, 11) is 0. The Morgan fingerprint density at radius 1 is 1.17 bits per heavy atom. The van der Waals surface area contributed by atoms with E-state index in [1.807, 2.05) is 18.2 Å². The Labute approximate surface area is 109 Å². The second-order valence-electron chi connectivity index (χ2n) is 4.70. The number of hydrogen-bond acceptors (Lipinski definition) is 3. The van der Waals surface area contributed by atoms with Crippen molar-refractivity contribution in [1.82, 2.24) is 0 Å². The first-order chi connectivity index (χ1) is 8.61. The highest BCUT2D eigenvalue weighted by Gasteiger charge is 2.06. The lowest BCUT2D eigenvalue weighted by molar-refractivity contribution is 0.0907. The van der Waals surface area contributed by atoms with Crippen LogP contribution in [0.2, 0.25) is 0 Å². The van der Waals surface area contributed by atoms with Crippen molar-refractivity contribution in [1.29, 1.82) is 0 Å². The molecular formula is C15H22O3. The van der Waals surface area contributed by atoms with E-state index in [9.17, 15) is 4.79 Å². The van der Waals surface area contributed by atoms with Crippen molar-refractivity contribution < 1.29 is 14.3 Å². The zero-order valence-corrected chi connectivity index (χ0v) is 11.4. The normalized spacial score (nSPS) is 10.7. The van der Waals surface area contributed by atoms with Gasteiger partial charge in [0, 0.05) is 6.61 Å². The van der Waals surface area contributed by atoms with Crippen LogP contribution in [0.5, 0.6) is 5.75 Å². The van der Waals surface area contributed by atoms with Gasteiger partial charge in [-0.05, 0) is 31.4 Å². The largest absolute Gasteiger partial charge is 0.490 e. The van der Waals surface area contributed by atoms with Gasteiger partial charge < -0.3 is 9.47 Å². The van der Waals surface area contributed by atoms with Crippen molar-refractivity contribution in [3.05, 3.63) is 29.8 Å². The fourth-order valence-corrected chi connectivity index (χ4v) is 1.52. The lowest BCUT2D eigenvalue weighted by Crippen LogP contribution is -2.10. The predicted octanol–water partition coefficient (Wildman–Crippen LogP) is 3.33. The van der Waals surface area contributed by atoms with Gasteiger partial charge in [0.1, 0.15) is 12.4 Å². The number of benzene rings is 1. The van der Waals surface area contributed by atoms with E-state index in [1.54, 1.807) is 13.0 Å². The molecule has 100 valence electrons. The van der Waals surface area contributed by atoms with Crippen LogP contribution in [0.4, 0.5) is 0 Å². The second-order valence-corrected chi connectivity index (χ2v) is 4.70. The van der Waals surface area contributed by atoms with Gasteiger partial charge in [0.2, 0.25) is 0 Å². The van der Waals surface area contributed by atoms with Gasteiger partial charge in [-0.3, -0.25) is 4.79 Å². The molecule has 0 saturated heterocycles. The Morgan fingerprint density at radius 3 is 2.56 bits per heavy atom. The van der Waals surface area contributed by atoms with Crippen molar-refractivity contribution in [2.45, 2.75) is 27.2 Å². The summed E-state index contributed by atoms with van der Waals surface area (Å²) in [4.78, 5) is 11.4. The quantitative estimate of drug-likeness (QED) is 0.524. The van der Waals surface area contributed by atoms with Gasteiger partial charge in [-0.2, -0.15) is 0 Å². The van der Waals surface area contributed by atoms with Gasteiger partial charge in [-0.15, -0.1) is 0 Å². The first kappa shape index (κ1) is 14.7. The van der Waals surface area contributed by atoms with Gasteiger partial charge in [-0.1, -0.05) is 26.0 Å². The number of Topliss-reactive ketones (excluding diaryl/α,β-unsaturated/α-hetero) is 1. The van der Waals surface area contributed by atoms with E-state index in [0.717, 1.165) is 13.0 Å². The standard InChI is InChI=1S/C15H22O3/c1-12(2)8-9-17-10-11-18-15-7-5-4-6-14(15)13(3)16/h4-7,12H,8-11H2,1-3H3. The molecular weight excluding hydrogens is 228 g/mol. The van der Waals surface area contributed by atoms with E-state index >= 15 is 0 Å². The molecule has 1 aromatic carbocycles. The highest BCUT2D eigenvalue weighted by molar-refractivity contribution is 5.96. The third-order valence-electron chi connectivity index (χ3n) is 2.59. The van der Waals surface area contributed by atoms with Crippen molar-refractivity contribution in [2.75, 3.05) is 19.8 Å². The van der Waals surface area contributed by atoms with Crippen LogP contribution >= 0.6 is 0 Å². The Bertz CT molecular complexity index is 372. The van der Waals surface area contributed by atoms with Gasteiger partial charge in [0.05, 0.1) is 12.2 Å². The number of carbonyl (C=O) groups is 1. The maximum atomic E-state index is 11.4. The molecule has 0 saturated carbocycles. The SMILES string of the molecule is CC(=O)c1ccccc1OCCOCCC(C)C. The predicted molar refractivity (Wildman–Crippen MR) is 72.2 cm³/mol. The van der Waals surface area contributed by atoms with Crippen LogP contribution in [0, 0.1) is 5.92 Å². The average molecular weight is 250 g/mol. The van der Waals surface area contributed by atoms with E-state index in [0.29, 0.717) is 30.4 Å². The maximum absolute atomic E-state index is 11.4. The highest BCUT2D eigenvalue weighted by atomic mass is 16.5. The molecule has 0 aliphatic carbocycles. The first-order valence-electron chi connectivity index (χ1n) is 6.41. The molecule has 0 aliphatic heterocycles. The van der Waals surface area contributed by atoms with Crippen LogP contribution in [0.1, 0.15) is 37.6 Å². The minimum absolute atomic E-state index is 0.0197. The Morgan fingerprint density at radius 2 is 1.89 bits per heavy atom. The van der Waals surface area contributed by atoms with Gasteiger partial charge >= 0.3 is 0 Å². The molecule has 0 N–H and O–H groups in total. The molecule has 0 fully saturated rings. The number of hydrogen-bond donors (Lipinski definition) is 0. The third kappa shape index (κ3) is 5.32. The number of ether oxygens (including phenoxy) is 2. The van der Waals surface area contributed by atoms with Crippen molar-refractivity contribution >= 4 is 5.78 Å². The monoisotopic (exact) mass is 250 g/mol. The molecule has 0 atom stereocenters. The summed E-state index contributed by atoms with van der Waals surface area (Å²) in [5.41, 5.74) is 0.625. The van der Waals surface area contributed by atoms with Crippen LogP contribution < -0.4 is 4.74 Å². The van der Waals surface area contributed by atoms with E-state index in [1.165, 1.54) is 0 Å². The second kappa shape index (κ2) is 7.88. The minimum Gasteiger partial charge on any atom is -0.490 e. The van der Waals surface area contributed by atoms with Crippen LogP contribution in [-0.2, 0) is 4.74 Å². The third-order valence-corrected chi connectivity index (χ3v) is 2.59. The van der Waals surface area contributed by atoms with Gasteiger partial charge in [0.25, 0.3) is 0 Å². The Kier molecular flexibility index (Phi) is 6.44. The number of rotatable bonds is 8. The summed E-state index contributed by atoms with van der Waals surface area (Å²) in [5, 5.41) is 0. The van der Waals surface area contributed by atoms with Crippen molar-refractivity contribution in [3.63, 3.8) is 0 Å². The summed E-state index contributed by atoms with van der Waals surface area (Å²) >= 11 is 0. The summed E-state index contributed by atoms with van der Waals surface area (Å²) in [5.74, 6) is 1.31. The van der Waals surface area contributed by atoms with Crippen LogP contribution in [0.15, 0.2) is 24.3 Å². The number of para-hydroxylation sites is 1. The molecule has 1 aromatic rings. The number of ketones is 1. The maximum Gasteiger partial charge on any atom is 0.163 e. The fourth-order valence-electron chi connectivity index (χ4n) is 1.52. The lowest BCUT2D eigenvalue weighted by Gasteiger charge is -2.10. The first-order valence-corrected chi connectivity index (χ1v) is 6.41. The minimum atomic E-state index is 0.0197. The van der Waals surface area contributed by atoms with E-state index in [4.69, 9.17) is 9.47 Å². The summed E-state index contributed by atoms with van der Waals surface area (Å²) in [6.45, 7) is 7.67. The molecule has 0 heterocycles. The van der Waals surface area contributed by atoms with Crippen LogP contribution in [0.25, 0.3) is 0 Å². The van der Waals surface area contributed by atoms with Gasteiger partial charge in [-0.25, -0.2) is 0 Å². The molecule has 0 unspecified atom stereocenters. The topological polar surface area (TPSA) is 35.5 Å². The smallest absolute Gasteiger partial charge is 0.163 e. The van der Waals surface area contributed by atoms with Crippen LogP contribution in [-0.4, -0.2) is 25.6 Å². The molecule has 3 nitrogen and oxygen atoms in total. The van der Waals surface area contributed by atoms with Crippen molar-refractivity contribution in [2.24, 2.45) is 5.92 Å². The zero-order valence-electron chi connectivity index (χ0n) is 11.4. The van der Waals surface area contributed by atoms with E-state index in [2.05, 4.69) is 13.8 Å². The zero-order chi connectivity index (χ0) is 13.4. The van der Waals surface area contributed by atoms with Crippen molar-refractivity contribution in [3.8, 4) is 5.75 Å². The molecule has 0 radical (unpaired) electrons.